The number of methoxy groups -OCH3 is 1. The van der Waals surface area contributed by atoms with Crippen LogP contribution in [0.5, 0.6) is 0 Å². The smallest absolute Gasteiger partial charge is 0.337 e. The Labute approximate surface area is 123 Å². The monoisotopic (exact) mass is 314 g/mol. The Hall–Kier alpha value is -1.48. The molecule has 1 aliphatic rings. The molecule has 1 aliphatic heterocycles. The van der Waals surface area contributed by atoms with Gasteiger partial charge < -0.3 is 15.2 Å². The maximum absolute atomic E-state index is 12.6. The van der Waals surface area contributed by atoms with E-state index in [-0.39, 0.29) is 10.5 Å². The number of sulfonamides is 1. The first-order chi connectivity index (χ1) is 9.87. The van der Waals surface area contributed by atoms with E-state index in [0.29, 0.717) is 13.1 Å². The van der Waals surface area contributed by atoms with Crippen molar-refractivity contribution in [2.45, 2.75) is 17.0 Å². The Morgan fingerprint density at radius 2 is 2.14 bits per heavy atom. The van der Waals surface area contributed by atoms with Gasteiger partial charge in [-0.2, -0.15) is 4.31 Å². The molecule has 1 saturated heterocycles. The molecule has 0 aromatic heterocycles. The van der Waals surface area contributed by atoms with Gasteiger partial charge in [0.15, 0.2) is 0 Å². The average Bonchev–Trinajstić information content (AvgIpc) is 2.91. The summed E-state index contributed by atoms with van der Waals surface area (Å²) >= 11 is 0. The minimum absolute atomic E-state index is 0.00741. The van der Waals surface area contributed by atoms with Gasteiger partial charge in [-0.1, -0.05) is 6.07 Å². The highest BCUT2D eigenvalue weighted by Gasteiger charge is 2.35. The first-order valence-electron chi connectivity index (χ1n) is 6.43. The Kier molecular flexibility index (Phi) is 4.62. The first-order valence-corrected chi connectivity index (χ1v) is 7.87. The topological polar surface area (TPSA) is 95.9 Å². The maximum Gasteiger partial charge on any atom is 0.337 e. The van der Waals surface area contributed by atoms with Gasteiger partial charge in [-0.05, 0) is 18.2 Å². The third-order valence-electron chi connectivity index (χ3n) is 3.55. The third-order valence-corrected chi connectivity index (χ3v) is 5.43. The molecule has 8 heteroatoms. The second-order valence-electron chi connectivity index (χ2n) is 4.83. The highest BCUT2D eigenvalue weighted by atomic mass is 32.2. The van der Waals surface area contributed by atoms with E-state index in [9.17, 15) is 18.3 Å². The summed E-state index contributed by atoms with van der Waals surface area (Å²) < 4.78 is 30.8. The normalized spacial score (nSPS) is 22.5. The van der Waals surface area contributed by atoms with Crippen molar-refractivity contribution in [2.24, 2.45) is 0 Å². The maximum atomic E-state index is 12.6. The molecule has 1 fully saturated rings. The molecule has 0 unspecified atom stereocenters. The van der Waals surface area contributed by atoms with Gasteiger partial charge in [0.1, 0.15) is 0 Å². The lowest BCUT2D eigenvalue weighted by Crippen LogP contribution is -2.44. The van der Waals surface area contributed by atoms with E-state index in [0.717, 1.165) is 4.31 Å². The number of hydrogen-bond donors (Lipinski definition) is 2. The molecule has 2 rings (SSSR count). The van der Waals surface area contributed by atoms with E-state index in [1.54, 1.807) is 0 Å². The van der Waals surface area contributed by atoms with Crippen molar-refractivity contribution in [1.29, 1.82) is 0 Å². The largest absolute Gasteiger partial charge is 0.465 e. The molecule has 0 aliphatic carbocycles. The highest BCUT2D eigenvalue weighted by molar-refractivity contribution is 7.89. The molecule has 21 heavy (non-hydrogen) atoms. The molecule has 1 aromatic carbocycles. The molecule has 0 amide bonds. The van der Waals surface area contributed by atoms with Gasteiger partial charge in [-0.3, -0.25) is 0 Å². The van der Waals surface area contributed by atoms with Crippen molar-refractivity contribution in [1.82, 2.24) is 9.62 Å². The van der Waals surface area contributed by atoms with Crippen LogP contribution in [0.3, 0.4) is 0 Å². The van der Waals surface area contributed by atoms with Crippen LogP contribution >= 0.6 is 0 Å². The van der Waals surface area contributed by atoms with Gasteiger partial charge in [0.05, 0.1) is 29.7 Å². The molecule has 1 aromatic rings. The lowest BCUT2D eigenvalue weighted by atomic mass is 10.2. The summed E-state index contributed by atoms with van der Waals surface area (Å²) in [5.41, 5.74) is 0.164. The van der Waals surface area contributed by atoms with Crippen molar-refractivity contribution in [3.8, 4) is 0 Å². The fourth-order valence-electron chi connectivity index (χ4n) is 2.27. The second kappa shape index (κ2) is 6.10. The van der Waals surface area contributed by atoms with Gasteiger partial charge in [-0.15, -0.1) is 0 Å². The van der Waals surface area contributed by atoms with Crippen molar-refractivity contribution in [3.63, 3.8) is 0 Å². The van der Waals surface area contributed by atoms with E-state index in [1.165, 1.54) is 38.4 Å². The zero-order valence-electron chi connectivity index (χ0n) is 11.8. The molecule has 0 bridgehead atoms. The summed E-state index contributed by atoms with van der Waals surface area (Å²) in [7, 11) is -1.14. The van der Waals surface area contributed by atoms with E-state index >= 15 is 0 Å². The molecule has 2 N–H and O–H groups in total. The van der Waals surface area contributed by atoms with Crippen molar-refractivity contribution >= 4 is 16.0 Å². The Bertz CT molecular complexity index is 631. The van der Waals surface area contributed by atoms with Crippen LogP contribution in [-0.2, 0) is 14.8 Å². The van der Waals surface area contributed by atoms with Gasteiger partial charge >= 0.3 is 5.97 Å². The van der Waals surface area contributed by atoms with Gasteiger partial charge in [0.2, 0.25) is 10.0 Å². The molecule has 116 valence electrons. The van der Waals surface area contributed by atoms with Crippen LogP contribution in [0.2, 0.25) is 0 Å². The standard InChI is InChI=1S/C13H18N2O5S/c1-15(11-7-14-8-12(11)16)21(18,19)10-5-3-4-9(6-10)13(17)20-2/h3-6,11-12,14,16H,7-8H2,1-2H3/t11-,12-/m0/s1. The minimum Gasteiger partial charge on any atom is -0.465 e. The molecule has 1 heterocycles. The van der Waals surface area contributed by atoms with Crippen LogP contribution in [0.1, 0.15) is 10.4 Å². The number of nitrogens with one attached hydrogen (secondary N) is 1. The van der Waals surface area contributed by atoms with Crippen LogP contribution in [0, 0.1) is 0 Å². The van der Waals surface area contributed by atoms with E-state index in [4.69, 9.17) is 0 Å². The van der Waals surface area contributed by atoms with Gasteiger partial charge in [-0.25, -0.2) is 13.2 Å². The number of benzene rings is 1. The third kappa shape index (κ3) is 3.08. The molecule has 2 atom stereocenters. The fraction of sp³-hybridized carbons (Fsp3) is 0.462. The van der Waals surface area contributed by atoms with E-state index in [1.807, 2.05) is 0 Å². The second-order valence-corrected chi connectivity index (χ2v) is 6.83. The number of likely N-dealkylation sites (N-methyl/N-ethyl adjacent to an activating group) is 1. The van der Waals surface area contributed by atoms with E-state index < -0.39 is 28.1 Å². The summed E-state index contributed by atoms with van der Waals surface area (Å²) in [6.07, 6.45) is -0.756. The van der Waals surface area contributed by atoms with Crippen molar-refractivity contribution in [2.75, 3.05) is 27.2 Å². The SMILES string of the molecule is COC(=O)c1cccc(S(=O)(=O)N(C)[C@H]2CNC[C@@H]2O)c1. The Morgan fingerprint density at radius 3 is 2.71 bits per heavy atom. The molecule has 7 nitrogen and oxygen atoms in total. The van der Waals surface area contributed by atoms with Crippen LogP contribution < -0.4 is 5.32 Å². The van der Waals surface area contributed by atoms with Crippen LogP contribution in [0.25, 0.3) is 0 Å². The zero-order chi connectivity index (χ0) is 15.6. The number of rotatable bonds is 4. The number of hydrogen-bond acceptors (Lipinski definition) is 6. The number of aliphatic hydroxyl groups is 1. The van der Waals surface area contributed by atoms with Crippen LogP contribution in [-0.4, -0.2) is 63.2 Å². The number of carbonyl (C=O) groups is 1. The quantitative estimate of drug-likeness (QED) is 0.722. The van der Waals surface area contributed by atoms with Gasteiger partial charge in [0, 0.05) is 20.1 Å². The number of carbonyl (C=O) groups excluding carboxylic acids is 1. The molecule has 0 radical (unpaired) electrons. The number of esters is 1. The lowest BCUT2D eigenvalue weighted by molar-refractivity contribution is 0.0600. The number of aliphatic hydroxyl groups excluding tert-OH is 1. The predicted molar refractivity (Wildman–Crippen MR) is 75.4 cm³/mol. The summed E-state index contributed by atoms with van der Waals surface area (Å²) in [4.78, 5) is 11.5. The minimum atomic E-state index is -3.79. The van der Waals surface area contributed by atoms with Crippen molar-refractivity contribution in [3.05, 3.63) is 29.8 Å². The molecule has 0 spiro atoms. The van der Waals surface area contributed by atoms with E-state index in [2.05, 4.69) is 10.1 Å². The number of ether oxygens (including phenoxy) is 1. The summed E-state index contributed by atoms with van der Waals surface area (Å²) in [5.74, 6) is -0.600. The Balaban J connectivity index is 2.33. The molecular formula is C13H18N2O5S. The van der Waals surface area contributed by atoms with Crippen molar-refractivity contribution < 1.29 is 23.1 Å². The summed E-state index contributed by atoms with van der Waals surface area (Å²) in [6, 6.07) is 5.11. The lowest BCUT2D eigenvalue weighted by Gasteiger charge is -2.25. The highest BCUT2D eigenvalue weighted by Crippen LogP contribution is 2.20. The first kappa shape index (κ1) is 15.9. The number of nitrogens with zero attached hydrogens (tertiary/aromatic N) is 1. The fourth-order valence-corrected chi connectivity index (χ4v) is 3.70. The Morgan fingerprint density at radius 1 is 1.43 bits per heavy atom. The van der Waals surface area contributed by atoms with Crippen LogP contribution in [0.15, 0.2) is 29.2 Å². The molecular weight excluding hydrogens is 296 g/mol. The average molecular weight is 314 g/mol. The predicted octanol–water partition coefficient (Wildman–Crippen LogP) is -0.574. The van der Waals surface area contributed by atoms with Gasteiger partial charge in [0.25, 0.3) is 0 Å². The molecule has 0 saturated carbocycles. The number of β-amino-alcohol motifs (C(OH)–C–C–N with tert-alkyl or cyclic N) is 1. The zero-order valence-corrected chi connectivity index (χ0v) is 12.6. The summed E-state index contributed by atoms with van der Waals surface area (Å²) in [5, 5.41) is 12.7. The van der Waals surface area contributed by atoms with Crippen LogP contribution in [0.4, 0.5) is 0 Å². The summed E-state index contributed by atoms with van der Waals surface area (Å²) in [6.45, 7) is 0.736.